The number of nitrogens with zero attached hydrogens (tertiary/aromatic N) is 2. The average Bonchev–Trinajstić information content (AvgIpc) is 2.44. The van der Waals surface area contributed by atoms with Gasteiger partial charge in [-0.3, -0.25) is 4.79 Å². The van der Waals surface area contributed by atoms with Gasteiger partial charge in [0.05, 0.1) is 5.60 Å². The minimum atomic E-state index is -0.819. The molecule has 5 nitrogen and oxygen atoms in total. The molecule has 0 bridgehead atoms. The summed E-state index contributed by atoms with van der Waals surface area (Å²) in [6.07, 6.45) is 3.01. The van der Waals surface area contributed by atoms with Crippen molar-refractivity contribution < 1.29 is 15.0 Å². The summed E-state index contributed by atoms with van der Waals surface area (Å²) >= 11 is 0. The Labute approximate surface area is 118 Å². The second-order valence-corrected chi connectivity index (χ2v) is 5.22. The van der Waals surface area contributed by atoms with Gasteiger partial charge in [-0.25, -0.2) is 4.98 Å². The molecular weight excluding hydrogens is 256 g/mol. The molecule has 1 aromatic rings. The fourth-order valence-corrected chi connectivity index (χ4v) is 2.29. The first kappa shape index (κ1) is 14.5. The molecule has 0 aromatic carbocycles. The van der Waals surface area contributed by atoms with Gasteiger partial charge in [0.25, 0.3) is 5.91 Å². The third-order valence-electron chi connectivity index (χ3n) is 3.26. The highest BCUT2D eigenvalue weighted by Gasteiger charge is 2.31. The highest BCUT2D eigenvalue weighted by molar-refractivity contribution is 5.92. The lowest BCUT2D eigenvalue weighted by Gasteiger charge is -2.36. The average molecular weight is 274 g/mol. The second kappa shape index (κ2) is 6.04. The van der Waals surface area contributed by atoms with Gasteiger partial charge in [0, 0.05) is 24.8 Å². The van der Waals surface area contributed by atoms with E-state index in [4.69, 9.17) is 5.11 Å². The molecule has 2 N–H and O–H groups in total. The SMILES string of the molecule is CC1(O)CCCN(C(=O)c2ccc(C#CCO)cn2)C1. The van der Waals surface area contributed by atoms with Crippen LogP contribution in [-0.2, 0) is 0 Å². The van der Waals surface area contributed by atoms with E-state index in [1.807, 2.05) is 0 Å². The molecule has 1 saturated heterocycles. The molecule has 106 valence electrons. The van der Waals surface area contributed by atoms with Gasteiger partial charge in [-0.1, -0.05) is 11.8 Å². The Hall–Kier alpha value is -1.90. The topological polar surface area (TPSA) is 73.7 Å². The van der Waals surface area contributed by atoms with E-state index in [1.54, 1.807) is 24.0 Å². The van der Waals surface area contributed by atoms with Gasteiger partial charge < -0.3 is 15.1 Å². The lowest BCUT2D eigenvalue weighted by atomic mass is 9.95. The van der Waals surface area contributed by atoms with Crippen LogP contribution in [0.5, 0.6) is 0 Å². The van der Waals surface area contributed by atoms with Crippen molar-refractivity contribution in [3.8, 4) is 11.8 Å². The fraction of sp³-hybridized carbons (Fsp3) is 0.467. The van der Waals surface area contributed by atoms with E-state index in [2.05, 4.69) is 16.8 Å². The number of carbonyl (C=O) groups excluding carboxylic acids is 1. The molecule has 1 aromatic heterocycles. The van der Waals surface area contributed by atoms with E-state index in [-0.39, 0.29) is 12.5 Å². The van der Waals surface area contributed by atoms with Crippen LogP contribution < -0.4 is 0 Å². The summed E-state index contributed by atoms with van der Waals surface area (Å²) in [6, 6.07) is 3.32. The van der Waals surface area contributed by atoms with Crippen LogP contribution in [0, 0.1) is 11.8 Å². The molecule has 1 fully saturated rings. The van der Waals surface area contributed by atoms with Gasteiger partial charge in [0.2, 0.25) is 0 Å². The van der Waals surface area contributed by atoms with Crippen molar-refractivity contribution in [3.63, 3.8) is 0 Å². The highest BCUT2D eigenvalue weighted by atomic mass is 16.3. The van der Waals surface area contributed by atoms with Crippen LogP contribution in [0.3, 0.4) is 0 Å². The van der Waals surface area contributed by atoms with E-state index < -0.39 is 5.60 Å². The van der Waals surface area contributed by atoms with Crippen molar-refractivity contribution in [3.05, 3.63) is 29.6 Å². The van der Waals surface area contributed by atoms with Crippen molar-refractivity contribution in [2.24, 2.45) is 0 Å². The Morgan fingerprint density at radius 1 is 1.55 bits per heavy atom. The summed E-state index contributed by atoms with van der Waals surface area (Å²) in [4.78, 5) is 18.0. The van der Waals surface area contributed by atoms with Gasteiger partial charge in [-0.15, -0.1) is 0 Å². The van der Waals surface area contributed by atoms with Gasteiger partial charge in [-0.2, -0.15) is 0 Å². The second-order valence-electron chi connectivity index (χ2n) is 5.22. The minimum absolute atomic E-state index is 0.174. The van der Waals surface area contributed by atoms with Crippen molar-refractivity contribution in [1.29, 1.82) is 0 Å². The van der Waals surface area contributed by atoms with Crippen molar-refractivity contribution in [1.82, 2.24) is 9.88 Å². The Kier molecular flexibility index (Phi) is 4.38. The molecule has 1 unspecified atom stereocenters. The van der Waals surface area contributed by atoms with Crippen LogP contribution in [0.4, 0.5) is 0 Å². The van der Waals surface area contributed by atoms with Gasteiger partial charge in [0.15, 0.2) is 0 Å². The number of amides is 1. The molecule has 1 atom stereocenters. The number of hydrogen-bond donors (Lipinski definition) is 2. The number of β-amino-alcohol motifs (C(OH)–C–C–N with tert-alkyl or cyclic N) is 1. The third-order valence-corrected chi connectivity index (χ3v) is 3.26. The molecular formula is C15H18N2O3. The quantitative estimate of drug-likeness (QED) is 0.728. The zero-order chi connectivity index (χ0) is 14.6. The van der Waals surface area contributed by atoms with Crippen LogP contribution >= 0.6 is 0 Å². The number of aliphatic hydroxyl groups is 2. The predicted octanol–water partition coefficient (Wildman–Crippen LogP) is 0.412. The molecule has 20 heavy (non-hydrogen) atoms. The first-order valence-corrected chi connectivity index (χ1v) is 6.59. The zero-order valence-electron chi connectivity index (χ0n) is 11.5. The number of aliphatic hydroxyl groups excluding tert-OH is 1. The van der Waals surface area contributed by atoms with E-state index in [9.17, 15) is 9.90 Å². The number of carbonyl (C=O) groups is 1. The minimum Gasteiger partial charge on any atom is -0.388 e. The molecule has 0 saturated carbocycles. The number of likely N-dealkylation sites (tertiary alicyclic amines) is 1. The molecule has 0 spiro atoms. The van der Waals surface area contributed by atoms with Crippen molar-refractivity contribution in [2.45, 2.75) is 25.4 Å². The lowest BCUT2D eigenvalue weighted by Crippen LogP contribution is -2.48. The number of aromatic nitrogens is 1. The first-order chi connectivity index (χ1) is 9.52. The maximum atomic E-state index is 12.3. The molecule has 1 aliphatic rings. The number of rotatable bonds is 1. The summed E-state index contributed by atoms with van der Waals surface area (Å²) in [5, 5.41) is 18.6. The Morgan fingerprint density at radius 2 is 2.35 bits per heavy atom. The zero-order valence-corrected chi connectivity index (χ0v) is 11.5. The smallest absolute Gasteiger partial charge is 0.272 e. The van der Waals surface area contributed by atoms with E-state index >= 15 is 0 Å². The number of piperidine rings is 1. The van der Waals surface area contributed by atoms with Crippen LogP contribution in [0.1, 0.15) is 35.8 Å². The van der Waals surface area contributed by atoms with Crippen molar-refractivity contribution >= 4 is 5.91 Å². The lowest BCUT2D eigenvalue weighted by molar-refractivity contribution is -0.0109. The summed E-state index contributed by atoms with van der Waals surface area (Å²) in [5.74, 6) is 5.08. The van der Waals surface area contributed by atoms with Crippen LogP contribution in [0.25, 0.3) is 0 Å². The maximum absolute atomic E-state index is 12.3. The molecule has 2 heterocycles. The summed E-state index contributed by atoms with van der Waals surface area (Å²) in [6.45, 7) is 2.51. The summed E-state index contributed by atoms with van der Waals surface area (Å²) in [7, 11) is 0. The fourth-order valence-electron chi connectivity index (χ4n) is 2.29. The predicted molar refractivity (Wildman–Crippen MR) is 74.0 cm³/mol. The standard InChI is InChI=1S/C15H18N2O3/c1-15(20)7-3-8-17(11-15)14(19)13-6-5-12(10-16-13)4-2-9-18/h5-6,10,18,20H,3,7-9,11H2,1H3. The molecule has 2 rings (SSSR count). The molecule has 0 radical (unpaired) electrons. The Bertz CT molecular complexity index is 540. The van der Waals surface area contributed by atoms with Gasteiger partial charge in [0.1, 0.15) is 12.3 Å². The van der Waals surface area contributed by atoms with E-state index in [0.29, 0.717) is 30.8 Å². The maximum Gasteiger partial charge on any atom is 0.272 e. The molecule has 5 heteroatoms. The van der Waals surface area contributed by atoms with Crippen LogP contribution in [0.15, 0.2) is 18.3 Å². The van der Waals surface area contributed by atoms with Crippen LogP contribution in [-0.4, -0.2) is 51.3 Å². The number of hydrogen-bond acceptors (Lipinski definition) is 4. The molecule has 1 amide bonds. The van der Waals surface area contributed by atoms with Gasteiger partial charge >= 0.3 is 0 Å². The third kappa shape index (κ3) is 3.56. The van der Waals surface area contributed by atoms with Crippen molar-refractivity contribution in [2.75, 3.05) is 19.7 Å². The molecule has 1 aliphatic heterocycles. The highest BCUT2D eigenvalue weighted by Crippen LogP contribution is 2.21. The number of pyridine rings is 1. The Morgan fingerprint density at radius 3 is 2.95 bits per heavy atom. The van der Waals surface area contributed by atoms with Crippen LogP contribution in [0.2, 0.25) is 0 Å². The van der Waals surface area contributed by atoms with E-state index in [0.717, 1.165) is 6.42 Å². The first-order valence-electron chi connectivity index (χ1n) is 6.59. The van der Waals surface area contributed by atoms with Gasteiger partial charge in [-0.05, 0) is 31.9 Å². The normalized spacial score (nSPS) is 22.1. The molecule has 0 aliphatic carbocycles. The largest absolute Gasteiger partial charge is 0.388 e. The summed E-state index contributed by atoms with van der Waals surface area (Å²) in [5.41, 5.74) is 0.180. The van der Waals surface area contributed by atoms with E-state index in [1.165, 1.54) is 6.20 Å². The Balaban J connectivity index is 2.09. The monoisotopic (exact) mass is 274 g/mol. The summed E-state index contributed by atoms with van der Waals surface area (Å²) < 4.78 is 0.